The van der Waals surface area contributed by atoms with Gasteiger partial charge in [0, 0.05) is 29.8 Å². The van der Waals surface area contributed by atoms with E-state index < -0.39 is 10.0 Å². The van der Waals surface area contributed by atoms with E-state index in [0.29, 0.717) is 12.4 Å². The summed E-state index contributed by atoms with van der Waals surface area (Å²) in [5, 5.41) is 4.49. The minimum Gasteiger partial charge on any atom is -0.370 e. The lowest BCUT2D eigenvalue weighted by molar-refractivity contribution is 0.588. The van der Waals surface area contributed by atoms with Gasteiger partial charge in [-0.05, 0) is 49.7 Å². The summed E-state index contributed by atoms with van der Waals surface area (Å²) in [5.41, 5.74) is 3.65. The monoisotopic (exact) mass is 344 g/mol. The smallest absolute Gasteiger partial charge is 0.241 e. The van der Waals surface area contributed by atoms with Crippen LogP contribution in [-0.4, -0.2) is 32.0 Å². The Balaban J connectivity index is 1.66. The summed E-state index contributed by atoms with van der Waals surface area (Å²) >= 11 is 0. The number of pyridine rings is 1. The lowest BCUT2D eigenvalue weighted by Crippen LogP contribution is -2.18. The Bertz CT molecular complexity index is 946. The molecule has 0 aliphatic rings. The second-order valence-corrected chi connectivity index (χ2v) is 7.46. The summed E-state index contributed by atoms with van der Waals surface area (Å²) in [4.78, 5) is 7.60. The van der Waals surface area contributed by atoms with E-state index >= 15 is 0 Å². The molecule has 1 aromatic carbocycles. The Morgan fingerprint density at radius 2 is 2.04 bits per heavy atom. The number of aromatic nitrogens is 2. The predicted molar refractivity (Wildman–Crippen MR) is 95.7 cm³/mol. The van der Waals surface area contributed by atoms with E-state index in [4.69, 9.17) is 0 Å². The van der Waals surface area contributed by atoms with Crippen molar-refractivity contribution in [3.8, 4) is 0 Å². The lowest BCUT2D eigenvalue weighted by Gasteiger charge is -2.07. The molecule has 2 aromatic heterocycles. The standard InChI is InChI=1S/C17H20N4O2S/c1-12-4-3-5-15-17(12)13(10-20-15)8-9-19-16-7-6-14(11-21-16)24(22,23)18-2/h3-7,10-11,18,20H,8-9H2,1-2H3,(H,19,21). The number of nitrogens with one attached hydrogen (secondary N) is 3. The Morgan fingerprint density at radius 1 is 1.21 bits per heavy atom. The number of anilines is 1. The normalized spacial score (nSPS) is 11.8. The Morgan fingerprint density at radius 3 is 2.75 bits per heavy atom. The van der Waals surface area contributed by atoms with Crippen LogP contribution in [0.3, 0.4) is 0 Å². The SMILES string of the molecule is CNS(=O)(=O)c1ccc(NCCc2c[nH]c3cccc(C)c23)nc1. The van der Waals surface area contributed by atoms with Gasteiger partial charge in [0.25, 0.3) is 0 Å². The minimum absolute atomic E-state index is 0.155. The highest BCUT2D eigenvalue weighted by atomic mass is 32.2. The van der Waals surface area contributed by atoms with Crippen molar-refractivity contribution in [1.82, 2.24) is 14.7 Å². The number of fused-ring (bicyclic) bond motifs is 1. The minimum atomic E-state index is -3.44. The van der Waals surface area contributed by atoms with Crippen molar-refractivity contribution >= 4 is 26.7 Å². The van der Waals surface area contributed by atoms with Crippen LogP contribution in [0.25, 0.3) is 10.9 Å². The van der Waals surface area contributed by atoms with Crippen LogP contribution in [0.2, 0.25) is 0 Å². The fourth-order valence-corrected chi connectivity index (χ4v) is 3.41. The molecule has 0 atom stereocenters. The average molecular weight is 344 g/mol. The van der Waals surface area contributed by atoms with E-state index in [1.807, 2.05) is 12.3 Å². The third-order valence-corrected chi connectivity index (χ3v) is 5.41. The zero-order valence-electron chi connectivity index (χ0n) is 13.6. The lowest BCUT2D eigenvalue weighted by atomic mass is 10.1. The van der Waals surface area contributed by atoms with Crippen molar-refractivity contribution in [2.45, 2.75) is 18.2 Å². The van der Waals surface area contributed by atoms with E-state index in [1.165, 1.54) is 35.8 Å². The molecule has 3 N–H and O–H groups in total. The van der Waals surface area contributed by atoms with Crippen molar-refractivity contribution in [3.63, 3.8) is 0 Å². The highest BCUT2D eigenvalue weighted by molar-refractivity contribution is 7.89. The molecule has 24 heavy (non-hydrogen) atoms. The molecule has 0 saturated carbocycles. The molecule has 0 radical (unpaired) electrons. The highest BCUT2D eigenvalue weighted by Gasteiger charge is 2.11. The first-order chi connectivity index (χ1) is 11.5. The maximum atomic E-state index is 11.7. The first kappa shape index (κ1) is 16.5. The quantitative estimate of drug-likeness (QED) is 0.641. The van der Waals surface area contributed by atoms with E-state index in [1.54, 1.807) is 6.07 Å². The topological polar surface area (TPSA) is 86.9 Å². The predicted octanol–water partition coefficient (Wildman–Crippen LogP) is 2.43. The van der Waals surface area contributed by atoms with Gasteiger partial charge in [-0.25, -0.2) is 18.1 Å². The fraction of sp³-hybridized carbons (Fsp3) is 0.235. The molecule has 0 amide bonds. The molecule has 0 fully saturated rings. The van der Waals surface area contributed by atoms with Crippen LogP contribution < -0.4 is 10.0 Å². The Labute approximate surface area is 141 Å². The molecule has 2 heterocycles. The average Bonchev–Trinajstić information content (AvgIpc) is 3.00. The largest absolute Gasteiger partial charge is 0.370 e. The van der Waals surface area contributed by atoms with E-state index in [9.17, 15) is 8.42 Å². The molecule has 126 valence electrons. The first-order valence-electron chi connectivity index (χ1n) is 7.70. The van der Waals surface area contributed by atoms with Crippen LogP contribution in [-0.2, 0) is 16.4 Å². The molecule has 0 saturated heterocycles. The maximum Gasteiger partial charge on any atom is 0.241 e. The van der Waals surface area contributed by atoms with Crippen molar-refractivity contribution < 1.29 is 8.42 Å². The highest BCUT2D eigenvalue weighted by Crippen LogP contribution is 2.22. The van der Waals surface area contributed by atoms with Gasteiger partial charge in [0.05, 0.1) is 0 Å². The molecule has 0 aliphatic carbocycles. The number of nitrogens with zero attached hydrogens (tertiary/aromatic N) is 1. The Kier molecular flexibility index (Phi) is 4.55. The second-order valence-electron chi connectivity index (χ2n) is 5.57. The summed E-state index contributed by atoms with van der Waals surface area (Å²) < 4.78 is 25.6. The van der Waals surface area contributed by atoms with E-state index in [2.05, 4.69) is 39.1 Å². The third kappa shape index (κ3) is 3.27. The summed E-state index contributed by atoms with van der Waals surface area (Å²) in [7, 11) is -2.06. The van der Waals surface area contributed by atoms with Crippen molar-refractivity contribution in [3.05, 3.63) is 53.9 Å². The van der Waals surface area contributed by atoms with Crippen LogP contribution in [0.15, 0.2) is 47.6 Å². The molecule has 3 rings (SSSR count). The molecule has 6 nitrogen and oxygen atoms in total. The van der Waals surface area contributed by atoms with Gasteiger partial charge in [-0.15, -0.1) is 0 Å². The van der Waals surface area contributed by atoms with Gasteiger partial charge in [-0.1, -0.05) is 12.1 Å². The number of aryl methyl sites for hydroxylation is 1. The van der Waals surface area contributed by atoms with Gasteiger partial charge in [0.1, 0.15) is 10.7 Å². The number of hydrogen-bond acceptors (Lipinski definition) is 4. The van der Waals surface area contributed by atoms with Crippen molar-refractivity contribution in [2.24, 2.45) is 0 Å². The third-order valence-electron chi connectivity index (χ3n) is 4.01. The molecule has 0 bridgehead atoms. The van der Waals surface area contributed by atoms with Crippen LogP contribution in [0, 0.1) is 6.92 Å². The molecule has 0 spiro atoms. The van der Waals surface area contributed by atoms with Crippen LogP contribution >= 0.6 is 0 Å². The van der Waals surface area contributed by atoms with E-state index in [-0.39, 0.29) is 4.90 Å². The number of hydrogen-bond donors (Lipinski definition) is 3. The Hall–Kier alpha value is -2.38. The second kappa shape index (κ2) is 6.62. The van der Waals surface area contributed by atoms with Gasteiger partial charge >= 0.3 is 0 Å². The van der Waals surface area contributed by atoms with Gasteiger partial charge in [-0.3, -0.25) is 0 Å². The van der Waals surface area contributed by atoms with Crippen LogP contribution in [0.5, 0.6) is 0 Å². The van der Waals surface area contributed by atoms with Crippen LogP contribution in [0.4, 0.5) is 5.82 Å². The van der Waals surface area contributed by atoms with Gasteiger partial charge in [-0.2, -0.15) is 0 Å². The number of H-pyrrole nitrogens is 1. The van der Waals surface area contributed by atoms with Gasteiger partial charge in [0.2, 0.25) is 10.0 Å². The summed E-state index contributed by atoms with van der Waals surface area (Å²) in [6.45, 7) is 2.82. The summed E-state index contributed by atoms with van der Waals surface area (Å²) in [6, 6.07) is 9.43. The van der Waals surface area contributed by atoms with Gasteiger partial charge in [0.15, 0.2) is 0 Å². The number of benzene rings is 1. The van der Waals surface area contributed by atoms with Gasteiger partial charge < -0.3 is 10.3 Å². The molecule has 0 aliphatic heterocycles. The number of aromatic amines is 1. The molecule has 7 heteroatoms. The molecule has 0 unspecified atom stereocenters. The van der Waals surface area contributed by atoms with Crippen molar-refractivity contribution in [1.29, 1.82) is 0 Å². The summed E-state index contributed by atoms with van der Waals surface area (Å²) in [6.07, 6.45) is 4.24. The van der Waals surface area contributed by atoms with Crippen molar-refractivity contribution in [2.75, 3.05) is 18.9 Å². The number of rotatable bonds is 6. The zero-order valence-corrected chi connectivity index (χ0v) is 14.4. The first-order valence-corrected chi connectivity index (χ1v) is 9.18. The molecular formula is C17H20N4O2S. The molecular weight excluding hydrogens is 324 g/mol. The number of sulfonamides is 1. The maximum absolute atomic E-state index is 11.7. The zero-order chi connectivity index (χ0) is 17.2. The van der Waals surface area contributed by atoms with E-state index in [0.717, 1.165) is 11.9 Å². The van der Waals surface area contributed by atoms with Crippen LogP contribution in [0.1, 0.15) is 11.1 Å². The molecule has 3 aromatic rings. The fourth-order valence-electron chi connectivity index (χ4n) is 2.74. The summed E-state index contributed by atoms with van der Waals surface area (Å²) in [5.74, 6) is 0.654.